The highest BCUT2D eigenvalue weighted by Crippen LogP contribution is 2.31. The van der Waals surface area contributed by atoms with Gasteiger partial charge in [-0.2, -0.15) is 0 Å². The smallest absolute Gasteiger partial charge is 0.130 e. The molecule has 4 nitrogen and oxygen atoms in total. The lowest BCUT2D eigenvalue weighted by Crippen LogP contribution is -2.07. The zero-order chi connectivity index (χ0) is 23.2. The number of nitrogens with zero attached hydrogens (tertiary/aromatic N) is 1. The zero-order valence-corrected chi connectivity index (χ0v) is 20.3. The molecular weight excluding hydrogens is 443 g/mol. The van der Waals surface area contributed by atoms with Crippen LogP contribution < -0.4 is 10.1 Å². The molecule has 0 aliphatic rings. The fourth-order valence-electron chi connectivity index (χ4n) is 2.81. The van der Waals surface area contributed by atoms with Crippen molar-refractivity contribution in [2.24, 2.45) is 0 Å². The van der Waals surface area contributed by atoms with Gasteiger partial charge in [-0.3, -0.25) is 0 Å². The number of benzene rings is 1. The van der Waals surface area contributed by atoms with E-state index in [2.05, 4.69) is 23.3 Å². The van der Waals surface area contributed by atoms with E-state index in [-0.39, 0.29) is 0 Å². The van der Waals surface area contributed by atoms with Crippen LogP contribution in [-0.2, 0) is 11.3 Å². The lowest BCUT2D eigenvalue weighted by molar-refractivity contribution is 0.131. The minimum Gasteiger partial charge on any atom is -0.489 e. The molecule has 0 saturated carbocycles. The molecule has 0 aliphatic carbocycles. The topological polar surface area (TPSA) is 43.4 Å². The summed E-state index contributed by atoms with van der Waals surface area (Å²) in [5.74, 6) is 1.39. The van der Waals surface area contributed by atoms with Crippen LogP contribution in [-0.4, -0.2) is 18.2 Å². The molecular formula is C26H30Cl2N2O2. The summed E-state index contributed by atoms with van der Waals surface area (Å²) in [6.45, 7) is 7.63. The van der Waals surface area contributed by atoms with Crippen LogP contribution in [0.15, 0.2) is 77.9 Å². The number of halogens is 2. The molecule has 6 heteroatoms. The molecule has 0 bridgehead atoms. The molecule has 1 aromatic heterocycles. The molecule has 1 aromatic carbocycles. The van der Waals surface area contributed by atoms with Gasteiger partial charge in [-0.05, 0) is 68.3 Å². The Morgan fingerprint density at radius 2 is 1.97 bits per heavy atom. The summed E-state index contributed by atoms with van der Waals surface area (Å²) in [4.78, 5) is 4.63. The predicted octanol–water partition coefficient (Wildman–Crippen LogP) is 7.77. The molecule has 2 aromatic rings. The second-order valence-corrected chi connectivity index (χ2v) is 7.50. The lowest BCUT2D eigenvalue weighted by Gasteiger charge is -2.17. The standard InChI is InChI=1S/C26H30Cl2N2O2/c1-4-7-10-20(5-2)18-32-25-15-14-21(28)17-23(25)24(12-9-16-27)30-26-13-8-11-22(29-26)19-31-6-3/h4,7-17H,5-6,18-19H2,1-3H3,(H,29,30)/b7-4-,16-9+,20-10+,24-12-. The Balaban J connectivity index is 2.36. The van der Waals surface area contributed by atoms with Crippen LogP contribution in [0, 0.1) is 0 Å². The molecule has 0 radical (unpaired) electrons. The molecule has 2 rings (SSSR count). The monoisotopic (exact) mass is 472 g/mol. The molecule has 0 unspecified atom stereocenters. The summed E-state index contributed by atoms with van der Waals surface area (Å²) >= 11 is 12.1. The third-order valence-corrected chi connectivity index (χ3v) is 4.86. The number of allylic oxidation sites excluding steroid dienone is 5. The van der Waals surface area contributed by atoms with Crippen molar-refractivity contribution in [3.8, 4) is 5.75 Å². The SMILES string of the molecule is C/C=C\C=C(/CC)COc1ccc(Cl)cc1/C(=C/C=C/Cl)Nc1cccc(COCC)n1. The average molecular weight is 473 g/mol. The fraction of sp³-hybridized carbons (Fsp3) is 0.269. The van der Waals surface area contributed by atoms with Crippen molar-refractivity contribution in [1.82, 2.24) is 4.98 Å². The average Bonchev–Trinajstić information content (AvgIpc) is 2.81. The Labute approximate surface area is 201 Å². The summed E-state index contributed by atoms with van der Waals surface area (Å²) in [7, 11) is 0. The summed E-state index contributed by atoms with van der Waals surface area (Å²) < 4.78 is 11.7. The summed E-state index contributed by atoms with van der Waals surface area (Å²) in [6.07, 6.45) is 10.6. The third kappa shape index (κ3) is 8.54. The van der Waals surface area contributed by atoms with Gasteiger partial charge in [0.1, 0.15) is 18.2 Å². The summed E-state index contributed by atoms with van der Waals surface area (Å²) in [5.41, 5.74) is 5.05. The Morgan fingerprint density at radius 1 is 1.12 bits per heavy atom. The minimum atomic E-state index is 0.455. The van der Waals surface area contributed by atoms with E-state index in [1.165, 1.54) is 11.1 Å². The molecule has 170 valence electrons. The van der Waals surface area contributed by atoms with Gasteiger partial charge in [0, 0.05) is 22.7 Å². The Kier molecular flexibility index (Phi) is 11.7. The summed E-state index contributed by atoms with van der Waals surface area (Å²) in [6, 6.07) is 11.3. The van der Waals surface area contributed by atoms with Gasteiger partial charge >= 0.3 is 0 Å². The molecule has 0 aliphatic heterocycles. The molecule has 0 amide bonds. The summed E-state index contributed by atoms with van der Waals surface area (Å²) in [5, 5.41) is 3.98. The van der Waals surface area contributed by atoms with E-state index in [4.69, 9.17) is 32.7 Å². The van der Waals surface area contributed by atoms with Crippen molar-refractivity contribution in [1.29, 1.82) is 0 Å². The van der Waals surface area contributed by atoms with Crippen LogP contribution in [0.2, 0.25) is 5.02 Å². The molecule has 32 heavy (non-hydrogen) atoms. The number of hydrogen-bond donors (Lipinski definition) is 1. The minimum absolute atomic E-state index is 0.455. The van der Waals surface area contributed by atoms with Gasteiger partial charge in [0.05, 0.1) is 18.0 Å². The van der Waals surface area contributed by atoms with Crippen molar-refractivity contribution in [2.75, 3.05) is 18.5 Å². The van der Waals surface area contributed by atoms with E-state index >= 15 is 0 Å². The van der Waals surface area contributed by atoms with E-state index in [0.29, 0.717) is 36.4 Å². The maximum Gasteiger partial charge on any atom is 0.130 e. The normalized spacial score (nSPS) is 12.7. The van der Waals surface area contributed by atoms with Crippen LogP contribution >= 0.6 is 23.2 Å². The third-order valence-electron chi connectivity index (χ3n) is 4.48. The van der Waals surface area contributed by atoms with Crippen molar-refractivity contribution in [2.45, 2.75) is 33.8 Å². The lowest BCUT2D eigenvalue weighted by atomic mass is 10.1. The number of ether oxygens (including phenoxy) is 2. The van der Waals surface area contributed by atoms with E-state index in [0.717, 1.165) is 23.4 Å². The molecule has 0 atom stereocenters. The number of anilines is 1. The van der Waals surface area contributed by atoms with Gasteiger partial charge in [0.25, 0.3) is 0 Å². The largest absolute Gasteiger partial charge is 0.489 e. The first-order valence-corrected chi connectivity index (χ1v) is 11.4. The highest BCUT2D eigenvalue weighted by atomic mass is 35.5. The Morgan fingerprint density at radius 3 is 2.69 bits per heavy atom. The maximum atomic E-state index is 6.33. The second kappa shape index (κ2) is 14.5. The molecule has 0 fully saturated rings. The molecule has 0 spiro atoms. The van der Waals surface area contributed by atoms with E-state index in [1.807, 2.05) is 68.5 Å². The first-order chi connectivity index (χ1) is 15.6. The van der Waals surface area contributed by atoms with Crippen LogP contribution in [0.25, 0.3) is 5.70 Å². The van der Waals surface area contributed by atoms with Crippen LogP contribution in [0.4, 0.5) is 5.82 Å². The van der Waals surface area contributed by atoms with Crippen LogP contribution in [0.5, 0.6) is 5.75 Å². The van der Waals surface area contributed by atoms with Crippen LogP contribution in [0.1, 0.15) is 38.4 Å². The first-order valence-electron chi connectivity index (χ1n) is 10.6. The molecule has 1 heterocycles. The van der Waals surface area contributed by atoms with Gasteiger partial charge in [0.2, 0.25) is 0 Å². The van der Waals surface area contributed by atoms with Crippen molar-refractivity contribution >= 4 is 34.7 Å². The van der Waals surface area contributed by atoms with E-state index in [9.17, 15) is 0 Å². The zero-order valence-electron chi connectivity index (χ0n) is 18.8. The number of rotatable bonds is 12. The number of pyridine rings is 1. The molecule has 0 saturated heterocycles. The van der Waals surface area contributed by atoms with Gasteiger partial charge in [-0.25, -0.2) is 4.98 Å². The van der Waals surface area contributed by atoms with Crippen molar-refractivity contribution in [3.05, 3.63) is 94.2 Å². The number of hydrogen-bond acceptors (Lipinski definition) is 4. The molecule has 1 N–H and O–H groups in total. The Hall–Kier alpha value is -2.53. The van der Waals surface area contributed by atoms with Crippen LogP contribution in [0.3, 0.4) is 0 Å². The quantitative estimate of drug-likeness (QED) is 0.320. The highest BCUT2D eigenvalue weighted by Gasteiger charge is 2.12. The number of aromatic nitrogens is 1. The second-order valence-electron chi connectivity index (χ2n) is 6.81. The van der Waals surface area contributed by atoms with Gasteiger partial charge in [0.15, 0.2) is 0 Å². The van der Waals surface area contributed by atoms with E-state index in [1.54, 1.807) is 6.08 Å². The maximum absolute atomic E-state index is 6.33. The number of nitrogens with one attached hydrogen (secondary N) is 1. The van der Waals surface area contributed by atoms with Gasteiger partial charge in [-0.15, -0.1) is 0 Å². The highest BCUT2D eigenvalue weighted by molar-refractivity contribution is 6.30. The first kappa shape index (κ1) is 25.7. The fourth-order valence-corrected chi connectivity index (χ4v) is 3.06. The van der Waals surface area contributed by atoms with Crippen molar-refractivity contribution in [3.63, 3.8) is 0 Å². The van der Waals surface area contributed by atoms with Crippen molar-refractivity contribution < 1.29 is 9.47 Å². The predicted molar refractivity (Wildman–Crippen MR) is 136 cm³/mol. The van der Waals surface area contributed by atoms with E-state index < -0.39 is 0 Å². The Bertz CT molecular complexity index is 982. The van der Waals surface area contributed by atoms with Gasteiger partial charge in [-0.1, -0.05) is 54.4 Å². The van der Waals surface area contributed by atoms with Gasteiger partial charge < -0.3 is 14.8 Å².